The molecule has 1 aromatic rings. The topological polar surface area (TPSA) is 51.5 Å². The first-order valence-corrected chi connectivity index (χ1v) is 8.23. The zero-order valence-corrected chi connectivity index (χ0v) is 13.2. The molecule has 5 heteroatoms. The first-order chi connectivity index (χ1) is 9.65. The predicted octanol–water partition coefficient (Wildman–Crippen LogP) is 3.14. The average molecular weight is 297 g/mol. The summed E-state index contributed by atoms with van der Waals surface area (Å²) in [6.45, 7) is 4.67. The third-order valence-electron chi connectivity index (χ3n) is 3.75. The Labute approximate surface area is 124 Å². The summed E-state index contributed by atoms with van der Waals surface area (Å²) >= 11 is 2.03. The number of methoxy groups -OCH3 is 1. The number of furan rings is 1. The Balaban J connectivity index is 1.92. The van der Waals surface area contributed by atoms with Crippen LogP contribution in [0.1, 0.15) is 48.1 Å². The van der Waals surface area contributed by atoms with Crippen LogP contribution in [0.3, 0.4) is 0 Å². The number of carbonyl (C=O) groups excluding carboxylic acids is 1. The summed E-state index contributed by atoms with van der Waals surface area (Å²) in [5.74, 6) is 2.25. The largest absolute Gasteiger partial charge is 0.465 e. The minimum absolute atomic E-state index is 0.335. The van der Waals surface area contributed by atoms with Crippen LogP contribution in [0.5, 0.6) is 0 Å². The molecule has 4 nitrogen and oxygen atoms in total. The highest BCUT2D eigenvalue weighted by Gasteiger charge is 2.27. The van der Waals surface area contributed by atoms with Gasteiger partial charge in [0.15, 0.2) is 0 Å². The van der Waals surface area contributed by atoms with Gasteiger partial charge in [-0.1, -0.05) is 13.3 Å². The van der Waals surface area contributed by atoms with Gasteiger partial charge in [-0.3, -0.25) is 0 Å². The molecule has 1 aliphatic carbocycles. The molecule has 0 radical (unpaired) electrons. The number of thioether (sulfide) groups is 1. The molecule has 1 aliphatic rings. The molecular formula is C15H23NO3S. The van der Waals surface area contributed by atoms with Crippen molar-refractivity contribution < 1.29 is 13.9 Å². The Morgan fingerprint density at radius 1 is 1.55 bits per heavy atom. The summed E-state index contributed by atoms with van der Waals surface area (Å²) in [6.07, 6.45) is 3.81. The number of hydrogen-bond acceptors (Lipinski definition) is 5. The molecule has 1 aromatic heterocycles. The van der Waals surface area contributed by atoms with Gasteiger partial charge < -0.3 is 14.5 Å². The number of hydrogen-bond donors (Lipinski definition) is 1. The smallest absolute Gasteiger partial charge is 0.341 e. The Morgan fingerprint density at radius 2 is 2.35 bits per heavy atom. The van der Waals surface area contributed by atoms with E-state index in [0.717, 1.165) is 11.5 Å². The molecular weight excluding hydrogens is 274 g/mol. The number of carbonyl (C=O) groups is 1. The van der Waals surface area contributed by atoms with E-state index < -0.39 is 0 Å². The molecule has 0 spiro atoms. The second-order valence-electron chi connectivity index (χ2n) is 5.09. The third-order valence-corrected chi connectivity index (χ3v) is 5.07. The number of nitrogens with one attached hydrogen (secondary N) is 1. The fraction of sp³-hybridized carbons (Fsp3) is 0.667. The lowest BCUT2D eigenvalue weighted by atomic mass is 10.2. The van der Waals surface area contributed by atoms with E-state index in [1.807, 2.05) is 11.8 Å². The minimum atomic E-state index is -0.335. The van der Waals surface area contributed by atoms with E-state index in [1.165, 1.54) is 26.4 Å². The lowest BCUT2D eigenvalue weighted by Gasteiger charge is -2.19. The standard InChI is InChI=1S/C15H23NO3S/c1-4-20-14-7-5-6-13(14)16-9-11-8-12(10(2)19-11)15(17)18-3/h8,13-14,16H,4-7,9H2,1-3H3. The van der Waals surface area contributed by atoms with Gasteiger partial charge in [-0.15, -0.1) is 0 Å². The maximum atomic E-state index is 11.5. The highest BCUT2D eigenvalue weighted by Crippen LogP contribution is 2.30. The van der Waals surface area contributed by atoms with Crippen molar-refractivity contribution in [1.29, 1.82) is 0 Å². The van der Waals surface area contributed by atoms with Gasteiger partial charge in [0, 0.05) is 11.3 Å². The monoisotopic (exact) mass is 297 g/mol. The molecule has 0 aromatic carbocycles. The van der Waals surface area contributed by atoms with Crippen LogP contribution in [0, 0.1) is 6.92 Å². The Hall–Kier alpha value is -0.940. The van der Waals surface area contributed by atoms with Crippen LogP contribution < -0.4 is 5.32 Å². The van der Waals surface area contributed by atoms with E-state index in [2.05, 4.69) is 12.2 Å². The van der Waals surface area contributed by atoms with Crippen molar-refractivity contribution in [2.24, 2.45) is 0 Å². The molecule has 2 atom stereocenters. The van der Waals surface area contributed by atoms with E-state index in [4.69, 9.17) is 9.15 Å². The van der Waals surface area contributed by atoms with Crippen LogP contribution in [-0.4, -0.2) is 30.1 Å². The van der Waals surface area contributed by atoms with Crippen molar-refractivity contribution in [1.82, 2.24) is 5.32 Å². The van der Waals surface area contributed by atoms with Crippen LogP contribution in [-0.2, 0) is 11.3 Å². The van der Waals surface area contributed by atoms with Crippen LogP contribution in [0.4, 0.5) is 0 Å². The van der Waals surface area contributed by atoms with Crippen molar-refractivity contribution >= 4 is 17.7 Å². The zero-order valence-electron chi connectivity index (χ0n) is 12.4. The fourth-order valence-electron chi connectivity index (χ4n) is 2.75. The van der Waals surface area contributed by atoms with Gasteiger partial charge >= 0.3 is 5.97 Å². The summed E-state index contributed by atoms with van der Waals surface area (Å²) in [5, 5.41) is 4.27. The second-order valence-corrected chi connectivity index (χ2v) is 6.60. The highest BCUT2D eigenvalue weighted by atomic mass is 32.2. The SMILES string of the molecule is CCSC1CCCC1NCc1cc(C(=O)OC)c(C)o1. The van der Waals surface area contributed by atoms with Gasteiger partial charge in [-0.05, 0) is 31.6 Å². The summed E-state index contributed by atoms with van der Waals surface area (Å²) in [5.41, 5.74) is 0.523. The highest BCUT2D eigenvalue weighted by molar-refractivity contribution is 7.99. The first kappa shape index (κ1) is 15.4. The summed E-state index contributed by atoms with van der Waals surface area (Å²) in [4.78, 5) is 11.5. The van der Waals surface area contributed by atoms with E-state index in [-0.39, 0.29) is 5.97 Å². The Kier molecular flexibility index (Phi) is 5.54. The quantitative estimate of drug-likeness (QED) is 0.818. The van der Waals surface area contributed by atoms with Gasteiger partial charge in [0.1, 0.15) is 17.1 Å². The summed E-state index contributed by atoms with van der Waals surface area (Å²) < 4.78 is 10.4. The maximum Gasteiger partial charge on any atom is 0.341 e. The average Bonchev–Trinajstić information content (AvgIpc) is 3.03. The molecule has 0 bridgehead atoms. The minimum Gasteiger partial charge on any atom is -0.465 e. The molecule has 0 saturated heterocycles. The van der Waals surface area contributed by atoms with Gasteiger partial charge in [0.2, 0.25) is 0 Å². The van der Waals surface area contributed by atoms with Crippen molar-refractivity contribution in [2.75, 3.05) is 12.9 Å². The van der Waals surface area contributed by atoms with Crippen molar-refractivity contribution in [3.8, 4) is 0 Å². The van der Waals surface area contributed by atoms with E-state index in [1.54, 1.807) is 13.0 Å². The fourth-order valence-corrected chi connectivity index (χ4v) is 3.97. The maximum absolute atomic E-state index is 11.5. The van der Waals surface area contributed by atoms with Gasteiger partial charge in [0.25, 0.3) is 0 Å². The molecule has 1 N–H and O–H groups in total. The molecule has 1 saturated carbocycles. The molecule has 1 fully saturated rings. The Morgan fingerprint density at radius 3 is 3.05 bits per heavy atom. The van der Waals surface area contributed by atoms with Crippen LogP contribution in [0.25, 0.3) is 0 Å². The first-order valence-electron chi connectivity index (χ1n) is 7.18. The lowest BCUT2D eigenvalue weighted by Crippen LogP contribution is -2.33. The number of esters is 1. The molecule has 2 unspecified atom stereocenters. The van der Waals surface area contributed by atoms with E-state index >= 15 is 0 Å². The van der Waals surface area contributed by atoms with E-state index in [9.17, 15) is 4.79 Å². The molecule has 1 heterocycles. The molecule has 0 amide bonds. The molecule has 0 aliphatic heterocycles. The second kappa shape index (κ2) is 7.18. The van der Waals surface area contributed by atoms with Gasteiger partial charge in [-0.25, -0.2) is 4.79 Å². The molecule has 112 valence electrons. The number of ether oxygens (including phenoxy) is 1. The third kappa shape index (κ3) is 3.58. The predicted molar refractivity (Wildman–Crippen MR) is 81.2 cm³/mol. The number of rotatable bonds is 6. The molecule has 2 rings (SSSR count). The normalized spacial score (nSPS) is 22.1. The van der Waals surface area contributed by atoms with Crippen LogP contribution in [0.2, 0.25) is 0 Å². The summed E-state index contributed by atoms with van der Waals surface area (Å²) in [6, 6.07) is 2.33. The molecule has 20 heavy (non-hydrogen) atoms. The summed E-state index contributed by atoms with van der Waals surface area (Å²) in [7, 11) is 1.39. The van der Waals surface area contributed by atoms with Crippen molar-refractivity contribution in [3.05, 3.63) is 23.2 Å². The van der Waals surface area contributed by atoms with Crippen LogP contribution >= 0.6 is 11.8 Å². The van der Waals surface area contributed by atoms with Gasteiger partial charge in [-0.2, -0.15) is 11.8 Å². The van der Waals surface area contributed by atoms with Crippen molar-refractivity contribution in [2.45, 2.75) is 50.9 Å². The Bertz CT molecular complexity index is 458. The van der Waals surface area contributed by atoms with Gasteiger partial charge in [0.05, 0.1) is 13.7 Å². The number of aryl methyl sites for hydroxylation is 1. The van der Waals surface area contributed by atoms with Crippen molar-refractivity contribution in [3.63, 3.8) is 0 Å². The van der Waals surface area contributed by atoms with Crippen LogP contribution in [0.15, 0.2) is 10.5 Å². The van der Waals surface area contributed by atoms with E-state index in [0.29, 0.717) is 29.2 Å². The lowest BCUT2D eigenvalue weighted by molar-refractivity contribution is 0.0599. The zero-order chi connectivity index (χ0) is 14.5.